The van der Waals surface area contributed by atoms with Gasteiger partial charge in [0.05, 0.1) is 23.5 Å². The zero-order valence-corrected chi connectivity index (χ0v) is 21.0. The third-order valence-corrected chi connectivity index (χ3v) is 6.42. The maximum Gasteiger partial charge on any atom is 0.416 e. The molecule has 37 heavy (non-hydrogen) atoms. The Morgan fingerprint density at radius 3 is 2.57 bits per heavy atom. The van der Waals surface area contributed by atoms with E-state index < -0.39 is 17.7 Å². The lowest BCUT2D eigenvalue weighted by Gasteiger charge is -2.29. The fourth-order valence-electron chi connectivity index (χ4n) is 3.93. The SMILES string of the molecule is CNC(=S)N(Cc1ccccc1C(F)(F)F)C[C@H](CN)C(=O)Cc1cncn1Cc1ccc(C#N)cc1. The van der Waals surface area contributed by atoms with Gasteiger partial charge < -0.3 is 20.5 Å². The zero-order valence-electron chi connectivity index (χ0n) is 20.2. The summed E-state index contributed by atoms with van der Waals surface area (Å²) in [4.78, 5) is 18.9. The fourth-order valence-corrected chi connectivity index (χ4v) is 4.07. The number of nitrogens with one attached hydrogen (secondary N) is 1. The van der Waals surface area contributed by atoms with Crippen LogP contribution in [0, 0.1) is 17.2 Å². The van der Waals surface area contributed by atoms with E-state index in [1.807, 2.05) is 16.7 Å². The van der Waals surface area contributed by atoms with Crippen molar-refractivity contribution >= 4 is 23.1 Å². The molecule has 3 rings (SSSR count). The molecule has 0 saturated carbocycles. The van der Waals surface area contributed by atoms with Crippen molar-refractivity contribution in [2.24, 2.45) is 11.7 Å². The van der Waals surface area contributed by atoms with E-state index in [0.717, 1.165) is 11.6 Å². The molecule has 3 aromatic rings. The van der Waals surface area contributed by atoms with E-state index in [4.69, 9.17) is 23.2 Å². The first-order valence-corrected chi connectivity index (χ1v) is 11.9. The molecule has 0 amide bonds. The summed E-state index contributed by atoms with van der Waals surface area (Å²) in [6.45, 7) is 0.402. The molecule has 0 bridgehead atoms. The number of imidazole rings is 1. The third-order valence-electron chi connectivity index (χ3n) is 5.96. The first-order valence-electron chi connectivity index (χ1n) is 11.5. The van der Waals surface area contributed by atoms with Crippen LogP contribution < -0.4 is 11.1 Å². The maximum atomic E-state index is 13.5. The number of halogens is 3. The Kier molecular flexibility index (Phi) is 9.38. The minimum atomic E-state index is -4.51. The van der Waals surface area contributed by atoms with E-state index in [1.165, 1.54) is 23.1 Å². The van der Waals surface area contributed by atoms with Crippen LogP contribution in [0.5, 0.6) is 0 Å². The van der Waals surface area contributed by atoms with Crippen LogP contribution in [0.2, 0.25) is 0 Å². The van der Waals surface area contributed by atoms with Crippen LogP contribution >= 0.6 is 12.2 Å². The number of hydrogen-bond acceptors (Lipinski definition) is 5. The van der Waals surface area contributed by atoms with E-state index in [2.05, 4.69) is 16.4 Å². The number of carbonyl (C=O) groups is 1. The molecular formula is C26H27F3N6OS. The normalized spacial score (nSPS) is 12.0. The zero-order chi connectivity index (χ0) is 27.0. The number of carbonyl (C=O) groups excluding carboxylic acids is 1. The van der Waals surface area contributed by atoms with Crippen LogP contribution in [0.1, 0.15) is 27.9 Å². The van der Waals surface area contributed by atoms with Crippen molar-refractivity contribution in [1.82, 2.24) is 19.8 Å². The molecule has 1 atom stereocenters. The highest BCUT2D eigenvalue weighted by atomic mass is 32.1. The third kappa shape index (κ3) is 7.38. The van der Waals surface area contributed by atoms with Gasteiger partial charge in [-0.05, 0) is 41.5 Å². The Labute approximate surface area is 218 Å². The second-order valence-electron chi connectivity index (χ2n) is 8.49. The maximum absolute atomic E-state index is 13.5. The molecule has 0 radical (unpaired) electrons. The number of Topliss-reactive ketones (excluding diaryl/α,β-unsaturated/α-hetero) is 1. The monoisotopic (exact) mass is 528 g/mol. The summed E-state index contributed by atoms with van der Waals surface area (Å²) in [5.74, 6) is -0.834. The van der Waals surface area contributed by atoms with Gasteiger partial charge in [0.2, 0.25) is 0 Å². The number of nitriles is 1. The van der Waals surface area contributed by atoms with Crippen molar-refractivity contribution in [1.29, 1.82) is 5.26 Å². The first-order chi connectivity index (χ1) is 17.7. The average molecular weight is 529 g/mol. The van der Waals surface area contributed by atoms with Gasteiger partial charge in [-0.3, -0.25) is 4.79 Å². The number of aromatic nitrogens is 2. The van der Waals surface area contributed by atoms with Crippen LogP contribution in [0.25, 0.3) is 0 Å². The topological polar surface area (TPSA) is 100.0 Å². The van der Waals surface area contributed by atoms with Gasteiger partial charge in [0, 0.05) is 57.5 Å². The molecule has 0 spiro atoms. The van der Waals surface area contributed by atoms with Crippen molar-refractivity contribution in [2.45, 2.75) is 25.7 Å². The second-order valence-corrected chi connectivity index (χ2v) is 8.87. The van der Waals surface area contributed by atoms with E-state index in [-0.39, 0.29) is 42.5 Å². The number of nitrogens with two attached hydrogens (primary N) is 1. The van der Waals surface area contributed by atoms with Crippen LogP contribution in [-0.2, 0) is 30.5 Å². The Morgan fingerprint density at radius 2 is 1.95 bits per heavy atom. The lowest BCUT2D eigenvalue weighted by molar-refractivity contribution is -0.138. The molecule has 0 unspecified atom stereocenters. The fraction of sp³-hybridized carbons (Fsp3) is 0.308. The lowest BCUT2D eigenvalue weighted by Crippen LogP contribution is -2.44. The highest BCUT2D eigenvalue weighted by Gasteiger charge is 2.34. The Bertz CT molecular complexity index is 1270. The highest BCUT2D eigenvalue weighted by Crippen LogP contribution is 2.32. The van der Waals surface area contributed by atoms with Crippen LogP contribution in [0.15, 0.2) is 61.1 Å². The largest absolute Gasteiger partial charge is 0.416 e. The highest BCUT2D eigenvalue weighted by molar-refractivity contribution is 7.80. The molecule has 0 fully saturated rings. The summed E-state index contributed by atoms with van der Waals surface area (Å²) in [5.41, 5.74) is 7.41. The molecule has 194 valence electrons. The summed E-state index contributed by atoms with van der Waals surface area (Å²) in [6.07, 6.45) is -1.24. The smallest absolute Gasteiger partial charge is 0.366 e. The number of hydrogen-bond donors (Lipinski definition) is 2. The van der Waals surface area contributed by atoms with E-state index >= 15 is 0 Å². The van der Waals surface area contributed by atoms with Gasteiger partial charge in [-0.1, -0.05) is 30.3 Å². The summed E-state index contributed by atoms with van der Waals surface area (Å²) in [7, 11) is 1.58. The summed E-state index contributed by atoms with van der Waals surface area (Å²) >= 11 is 5.34. The standard InChI is InChI=1S/C26H27F3N6OS/c1-32-25(37)34(15-20-4-2-3-5-23(20)26(27,28)29)16-21(12-31)24(36)10-22-13-33-17-35(22)14-19-8-6-18(11-30)7-9-19/h2-9,13,17,21H,10,12,14-16,31H2,1H3,(H,32,37)/t21-/m0/s1. The summed E-state index contributed by atoms with van der Waals surface area (Å²) < 4.78 is 42.4. The van der Waals surface area contributed by atoms with E-state index in [1.54, 1.807) is 31.7 Å². The Morgan fingerprint density at radius 1 is 1.24 bits per heavy atom. The van der Waals surface area contributed by atoms with E-state index in [0.29, 0.717) is 17.8 Å². The van der Waals surface area contributed by atoms with Gasteiger partial charge in [0.1, 0.15) is 5.78 Å². The van der Waals surface area contributed by atoms with Crippen molar-refractivity contribution < 1.29 is 18.0 Å². The Hall–Kier alpha value is -3.75. The number of benzene rings is 2. The number of thiocarbonyl (C=S) groups is 1. The van der Waals surface area contributed by atoms with Gasteiger partial charge in [-0.25, -0.2) is 4.98 Å². The molecule has 1 heterocycles. The molecule has 2 aromatic carbocycles. The molecular weight excluding hydrogens is 501 g/mol. The van der Waals surface area contributed by atoms with Gasteiger partial charge in [0.15, 0.2) is 5.11 Å². The predicted molar refractivity (Wildman–Crippen MR) is 137 cm³/mol. The van der Waals surface area contributed by atoms with Gasteiger partial charge in [-0.2, -0.15) is 18.4 Å². The molecule has 0 aliphatic rings. The second kappa shape index (κ2) is 12.5. The number of rotatable bonds is 10. The number of alkyl halides is 3. The minimum Gasteiger partial charge on any atom is -0.366 e. The Balaban J connectivity index is 1.74. The van der Waals surface area contributed by atoms with Gasteiger partial charge in [0.25, 0.3) is 0 Å². The van der Waals surface area contributed by atoms with Crippen molar-refractivity contribution in [3.05, 3.63) is 89.0 Å². The molecule has 1 aromatic heterocycles. The predicted octanol–water partition coefficient (Wildman–Crippen LogP) is 3.51. The number of ketones is 1. The van der Waals surface area contributed by atoms with Crippen LogP contribution in [-0.4, -0.2) is 45.5 Å². The van der Waals surface area contributed by atoms with Gasteiger partial charge >= 0.3 is 6.18 Å². The first kappa shape index (κ1) is 27.8. The lowest BCUT2D eigenvalue weighted by atomic mass is 9.99. The van der Waals surface area contributed by atoms with Gasteiger partial charge in [-0.15, -0.1) is 0 Å². The molecule has 0 aliphatic carbocycles. The number of nitrogens with zero attached hydrogens (tertiary/aromatic N) is 4. The van der Waals surface area contributed by atoms with Crippen molar-refractivity contribution in [2.75, 3.05) is 20.1 Å². The van der Waals surface area contributed by atoms with Crippen molar-refractivity contribution in [3.63, 3.8) is 0 Å². The quantitative estimate of drug-likeness (QED) is 0.389. The summed E-state index contributed by atoms with van der Waals surface area (Å²) in [5, 5.41) is 12.0. The van der Waals surface area contributed by atoms with Crippen LogP contribution in [0.3, 0.4) is 0 Å². The molecule has 0 aliphatic heterocycles. The average Bonchev–Trinajstić information content (AvgIpc) is 3.32. The minimum absolute atomic E-state index is 0.00629. The summed E-state index contributed by atoms with van der Waals surface area (Å²) in [6, 6.07) is 14.5. The molecule has 11 heteroatoms. The molecule has 7 nitrogen and oxygen atoms in total. The van der Waals surface area contributed by atoms with Crippen molar-refractivity contribution in [3.8, 4) is 6.07 Å². The molecule has 3 N–H and O–H groups in total. The molecule has 0 saturated heterocycles. The van der Waals surface area contributed by atoms with Crippen LogP contribution in [0.4, 0.5) is 13.2 Å². The van der Waals surface area contributed by atoms with E-state index in [9.17, 15) is 18.0 Å².